The molecule has 29 heavy (non-hydrogen) atoms. The van der Waals surface area contributed by atoms with Crippen LogP contribution in [0.1, 0.15) is 10.4 Å². The first-order valence-electron chi connectivity index (χ1n) is 8.50. The van der Waals surface area contributed by atoms with Crippen LogP contribution in [-0.2, 0) is 10.0 Å². The molecule has 0 atom stereocenters. The number of benzene rings is 2. The Hall–Kier alpha value is -2.75. The van der Waals surface area contributed by atoms with Gasteiger partial charge in [0.25, 0.3) is 15.9 Å². The van der Waals surface area contributed by atoms with Gasteiger partial charge in [0, 0.05) is 11.8 Å². The van der Waals surface area contributed by atoms with Crippen molar-refractivity contribution in [3.05, 3.63) is 64.5 Å². The van der Waals surface area contributed by atoms with E-state index in [4.69, 9.17) is 21.1 Å². The normalized spacial score (nSPS) is 13.0. The summed E-state index contributed by atoms with van der Waals surface area (Å²) in [6, 6.07) is 14.3. The van der Waals surface area contributed by atoms with E-state index in [1.54, 1.807) is 30.3 Å². The van der Waals surface area contributed by atoms with E-state index in [1.165, 1.54) is 24.3 Å². The first kappa shape index (κ1) is 19.6. The molecule has 0 radical (unpaired) electrons. The van der Waals surface area contributed by atoms with Gasteiger partial charge < -0.3 is 14.8 Å². The highest BCUT2D eigenvalue weighted by Crippen LogP contribution is 2.33. The number of hydrogen-bond acceptors (Lipinski definition) is 6. The van der Waals surface area contributed by atoms with E-state index in [0.29, 0.717) is 34.7 Å². The summed E-state index contributed by atoms with van der Waals surface area (Å²) in [6.45, 7) is 0.906. The Balaban J connectivity index is 1.57. The third kappa shape index (κ3) is 4.31. The second-order valence-electron chi connectivity index (χ2n) is 6.02. The van der Waals surface area contributed by atoms with Crippen LogP contribution in [0.3, 0.4) is 0 Å². The zero-order chi connectivity index (χ0) is 20.4. The third-order valence-corrected chi connectivity index (χ3v) is 7.12. The Morgan fingerprint density at radius 3 is 2.52 bits per heavy atom. The SMILES string of the molecule is O=C(Nc1ccc2c(c1)OCCO2)c1ccccc1NS(=O)(=O)c1ccc(Cl)s1. The summed E-state index contributed by atoms with van der Waals surface area (Å²) >= 11 is 6.77. The first-order valence-corrected chi connectivity index (χ1v) is 11.2. The molecule has 3 aromatic rings. The summed E-state index contributed by atoms with van der Waals surface area (Å²) < 4.78 is 39.0. The van der Waals surface area contributed by atoms with Crippen LogP contribution >= 0.6 is 22.9 Å². The van der Waals surface area contributed by atoms with E-state index >= 15 is 0 Å². The van der Waals surface area contributed by atoms with Crippen molar-refractivity contribution in [3.8, 4) is 11.5 Å². The van der Waals surface area contributed by atoms with Gasteiger partial charge in [-0.3, -0.25) is 9.52 Å². The van der Waals surface area contributed by atoms with Gasteiger partial charge in [-0.25, -0.2) is 8.42 Å². The van der Waals surface area contributed by atoms with Gasteiger partial charge in [-0.15, -0.1) is 11.3 Å². The Labute approximate surface area is 176 Å². The second-order valence-corrected chi connectivity index (χ2v) is 9.65. The van der Waals surface area contributed by atoms with Gasteiger partial charge in [0.05, 0.1) is 15.6 Å². The van der Waals surface area contributed by atoms with Crippen molar-refractivity contribution in [2.75, 3.05) is 23.3 Å². The number of hydrogen-bond donors (Lipinski definition) is 2. The van der Waals surface area contributed by atoms with E-state index in [2.05, 4.69) is 10.0 Å². The van der Waals surface area contributed by atoms with Gasteiger partial charge >= 0.3 is 0 Å². The maximum absolute atomic E-state index is 12.8. The first-order chi connectivity index (χ1) is 13.9. The molecule has 1 aromatic heterocycles. The smallest absolute Gasteiger partial charge is 0.271 e. The summed E-state index contributed by atoms with van der Waals surface area (Å²) in [4.78, 5) is 12.8. The maximum atomic E-state index is 12.8. The number of thiophene rings is 1. The molecule has 150 valence electrons. The number of ether oxygens (including phenoxy) is 2. The van der Waals surface area contributed by atoms with Crippen molar-refractivity contribution in [2.24, 2.45) is 0 Å². The van der Waals surface area contributed by atoms with Crippen LogP contribution < -0.4 is 19.5 Å². The Kier molecular flexibility index (Phi) is 5.35. The topological polar surface area (TPSA) is 93.7 Å². The average molecular weight is 451 g/mol. The largest absolute Gasteiger partial charge is 0.486 e. The summed E-state index contributed by atoms with van der Waals surface area (Å²) in [7, 11) is -3.87. The van der Waals surface area contributed by atoms with Gasteiger partial charge in [-0.05, 0) is 36.4 Å². The lowest BCUT2D eigenvalue weighted by Crippen LogP contribution is -2.19. The molecule has 10 heteroatoms. The lowest BCUT2D eigenvalue weighted by Gasteiger charge is -2.19. The monoisotopic (exact) mass is 450 g/mol. The van der Waals surface area contributed by atoms with E-state index in [0.717, 1.165) is 11.3 Å². The highest BCUT2D eigenvalue weighted by Gasteiger charge is 2.21. The van der Waals surface area contributed by atoms with Crippen molar-refractivity contribution >= 4 is 50.2 Å². The fraction of sp³-hybridized carbons (Fsp3) is 0.105. The third-order valence-electron chi connectivity index (χ3n) is 4.03. The van der Waals surface area contributed by atoms with Crippen molar-refractivity contribution in [3.63, 3.8) is 0 Å². The number of anilines is 2. The fourth-order valence-corrected chi connectivity index (χ4v) is 5.29. The molecular weight excluding hydrogens is 436 g/mol. The van der Waals surface area contributed by atoms with Crippen LogP contribution in [0.15, 0.2) is 58.8 Å². The molecule has 2 N–H and O–H groups in total. The Morgan fingerprint density at radius 2 is 1.76 bits per heavy atom. The molecule has 0 bridgehead atoms. The van der Waals surface area contributed by atoms with Crippen LogP contribution in [-0.4, -0.2) is 27.5 Å². The van der Waals surface area contributed by atoms with Crippen LogP contribution in [0.25, 0.3) is 0 Å². The van der Waals surface area contributed by atoms with E-state index in [1.807, 2.05) is 0 Å². The molecule has 1 amide bonds. The Morgan fingerprint density at radius 1 is 1.00 bits per heavy atom. The summed E-state index contributed by atoms with van der Waals surface area (Å²) in [5.74, 6) is 0.679. The average Bonchev–Trinajstić information content (AvgIpc) is 3.15. The zero-order valence-corrected chi connectivity index (χ0v) is 17.2. The van der Waals surface area contributed by atoms with Crippen molar-refractivity contribution in [1.82, 2.24) is 0 Å². The molecule has 0 aliphatic carbocycles. The highest BCUT2D eigenvalue weighted by atomic mass is 35.5. The number of carbonyl (C=O) groups excluding carboxylic acids is 1. The number of rotatable bonds is 5. The van der Waals surface area contributed by atoms with Crippen LogP contribution in [0.4, 0.5) is 11.4 Å². The quantitative estimate of drug-likeness (QED) is 0.606. The predicted octanol–water partition coefficient (Wildman–Crippen LogP) is 4.23. The molecule has 2 aromatic carbocycles. The molecule has 0 fully saturated rings. The van der Waals surface area contributed by atoms with Gasteiger partial charge in [0.2, 0.25) is 0 Å². The van der Waals surface area contributed by atoms with Gasteiger partial charge in [0.15, 0.2) is 11.5 Å². The van der Waals surface area contributed by atoms with Gasteiger partial charge in [-0.1, -0.05) is 23.7 Å². The van der Waals surface area contributed by atoms with Crippen LogP contribution in [0, 0.1) is 0 Å². The molecule has 0 saturated heterocycles. The molecular formula is C19H15ClN2O5S2. The minimum atomic E-state index is -3.87. The Bertz CT molecular complexity index is 1180. The highest BCUT2D eigenvalue weighted by molar-refractivity contribution is 7.94. The lowest BCUT2D eigenvalue weighted by molar-refractivity contribution is 0.102. The van der Waals surface area contributed by atoms with Crippen molar-refractivity contribution in [2.45, 2.75) is 4.21 Å². The number of halogens is 1. The van der Waals surface area contributed by atoms with Crippen molar-refractivity contribution < 1.29 is 22.7 Å². The molecule has 0 spiro atoms. The molecule has 4 rings (SSSR count). The van der Waals surface area contributed by atoms with Gasteiger partial charge in [-0.2, -0.15) is 0 Å². The van der Waals surface area contributed by atoms with E-state index in [9.17, 15) is 13.2 Å². The fourth-order valence-electron chi connectivity index (χ4n) is 2.73. The zero-order valence-electron chi connectivity index (χ0n) is 14.8. The maximum Gasteiger partial charge on any atom is 0.271 e. The molecule has 1 aliphatic rings. The van der Waals surface area contributed by atoms with Crippen molar-refractivity contribution in [1.29, 1.82) is 0 Å². The minimum absolute atomic E-state index is 0.0598. The summed E-state index contributed by atoms with van der Waals surface area (Å²) in [5, 5.41) is 2.75. The van der Waals surface area contributed by atoms with Crippen LogP contribution in [0.5, 0.6) is 11.5 Å². The lowest BCUT2D eigenvalue weighted by atomic mass is 10.1. The molecule has 1 aliphatic heterocycles. The molecule has 2 heterocycles. The summed E-state index contributed by atoms with van der Waals surface area (Å²) in [6.07, 6.45) is 0. The minimum Gasteiger partial charge on any atom is -0.486 e. The molecule has 7 nitrogen and oxygen atoms in total. The predicted molar refractivity (Wildman–Crippen MR) is 112 cm³/mol. The number of amides is 1. The second kappa shape index (κ2) is 7.94. The number of sulfonamides is 1. The number of fused-ring (bicyclic) bond motifs is 1. The number of carbonyl (C=O) groups is 1. The summed E-state index contributed by atoms with van der Waals surface area (Å²) in [5.41, 5.74) is 0.836. The van der Waals surface area contributed by atoms with Crippen LogP contribution in [0.2, 0.25) is 4.34 Å². The van der Waals surface area contributed by atoms with E-state index in [-0.39, 0.29) is 15.5 Å². The van der Waals surface area contributed by atoms with E-state index < -0.39 is 15.9 Å². The standard InChI is InChI=1S/C19H15ClN2O5S2/c20-17-7-8-18(28-17)29(24,25)22-14-4-2-1-3-13(14)19(23)21-12-5-6-15-16(11-12)27-10-9-26-15/h1-8,11,22H,9-10H2,(H,21,23). The van der Waals surface area contributed by atoms with Gasteiger partial charge in [0.1, 0.15) is 17.4 Å². The number of para-hydroxylation sites is 1. The molecule has 0 unspecified atom stereocenters. The molecule has 0 saturated carbocycles. The number of nitrogens with one attached hydrogen (secondary N) is 2.